The Labute approximate surface area is 204 Å². The first-order chi connectivity index (χ1) is 16.8. The summed E-state index contributed by atoms with van der Waals surface area (Å²) in [4.78, 5) is 39.4. The van der Waals surface area contributed by atoms with Gasteiger partial charge in [0.15, 0.2) is 5.78 Å². The largest absolute Gasteiger partial charge is 0.468 e. The van der Waals surface area contributed by atoms with E-state index in [1.807, 2.05) is 61.5 Å². The minimum atomic E-state index is -0.936. The summed E-state index contributed by atoms with van der Waals surface area (Å²) in [6, 6.07) is 16.7. The summed E-state index contributed by atoms with van der Waals surface area (Å²) in [5.41, 5.74) is 2.77. The van der Waals surface area contributed by atoms with E-state index in [1.165, 1.54) is 7.11 Å². The van der Waals surface area contributed by atoms with Gasteiger partial charge in [-0.25, -0.2) is 4.79 Å². The van der Waals surface area contributed by atoms with Gasteiger partial charge in [-0.1, -0.05) is 37.3 Å². The third kappa shape index (κ3) is 4.71. The first kappa shape index (κ1) is 24.3. The van der Waals surface area contributed by atoms with Crippen molar-refractivity contribution in [2.75, 3.05) is 13.7 Å². The molecule has 182 valence electrons. The normalized spacial score (nSPS) is 21.7. The summed E-state index contributed by atoms with van der Waals surface area (Å²) in [6.07, 6.45) is 0.477. The third-order valence-electron chi connectivity index (χ3n) is 6.41. The fourth-order valence-electron chi connectivity index (χ4n) is 4.88. The number of hydrogen-bond acceptors (Lipinski definition) is 7. The number of carbonyl (C=O) groups excluding carboxylic acids is 3. The summed E-state index contributed by atoms with van der Waals surface area (Å²) in [5, 5.41) is 3.25. The number of dihydropyridines is 1. The van der Waals surface area contributed by atoms with Crippen LogP contribution in [-0.4, -0.2) is 31.4 Å². The minimum Gasteiger partial charge on any atom is -0.468 e. The Kier molecular flexibility index (Phi) is 7.05. The fourth-order valence-corrected chi connectivity index (χ4v) is 4.88. The lowest BCUT2D eigenvalue weighted by Gasteiger charge is -2.38. The number of nitrogens with one attached hydrogen (secondary N) is 1. The molecule has 3 atom stereocenters. The SMILES string of the molecule is CCOC(=O)C1=C(C)NC2=C(C(=O)[C@H](C(=O)OC)[C@@H](C)C2)[C@H]1c1cccc(Oc2ccccc2)c1. The highest BCUT2D eigenvalue weighted by Gasteiger charge is 2.47. The van der Waals surface area contributed by atoms with E-state index in [2.05, 4.69) is 5.32 Å². The van der Waals surface area contributed by atoms with Crippen molar-refractivity contribution >= 4 is 17.7 Å². The van der Waals surface area contributed by atoms with Crippen molar-refractivity contribution in [3.8, 4) is 11.5 Å². The molecule has 0 radical (unpaired) electrons. The van der Waals surface area contributed by atoms with E-state index in [-0.39, 0.29) is 18.3 Å². The van der Waals surface area contributed by atoms with Crippen molar-refractivity contribution in [1.82, 2.24) is 5.32 Å². The first-order valence-electron chi connectivity index (χ1n) is 11.7. The van der Waals surface area contributed by atoms with Crippen molar-refractivity contribution < 1.29 is 28.6 Å². The van der Waals surface area contributed by atoms with Gasteiger partial charge >= 0.3 is 11.9 Å². The molecule has 7 heteroatoms. The van der Waals surface area contributed by atoms with E-state index in [9.17, 15) is 14.4 Å². The molecule has 1 N–H and O–H groups in total. The van der Waals surface area contributed by atoms with Gasteiger partial charge in [-0.05, 0) is 56.0 Å². The number of ether oxygens (including phenoxy) is 3. The molecular formula is C28H29NO6. The van der Waals surface area contributed by atoms with Gasteiger partial charge in [0.2, 0.25) is 0 Å². The lowest BCUT2D eigenvalue weighted by atomic mass is 9.69. The van der Waals surface area contributed by atoms with Gasteiger partial charge in [0.25, 0.3) is 0 Å². The van der Waals surface area contributed by atoms with E-state index in [4.69, 9.17) is 14.2 Å². The second kappa shape index (κ2) is 10.2. The van der Waals surface area contributed by atoms with Crippen LogP contribution in [0.4, 0.5) is 0 Å². The van der Waals surface area contributed by atoms with Crippen LogP contribution in [0.5, 0.6) is 11.5 Å². The number of ketones is 1. The highest BCUT2D eigenvalue weighted by atomic mass is 16.5. The van der Waals surface area contributed by atoms with Crippen LogP contribution in [0.15, 0.2) is 77.1 Å². The third-order valence-corrected chi connectivity index (χ3v) is 6.41. The predicted octanol–water partition coefficient (Wildman–Crippen LogP) is 4.66. The highest BCUT2D eigenvalue weighted by molar-refractivity contribution is 6.12. The Hall–Kier alpha value is -3.87. The van der Waals surface area contributed by atoms with Crippen LogP contribution in [0.2, 0.25) is 0 Å². The number of allylic oxidation sites excluding steroid dienone is 3. The average Bonchev–Trinajstić information content (AvgIpc) is 2.84. The number of Topliss-reactive ketones (excluding diaryl/α,β-unsaturated/α-hetero) is 1. The maximum atomic E-state index is 13.8. The van der Waals surface area contributed by atoms with Crippen molar-refractivity contribution in [3.05, 3.63) is 82.7 Å². The van der Waals surface area contributed by atoms with Crippen molar-refractivity contribution in [3.63, 3.8) is 0 Å². The number of hydrogen-bond donors (Lipinski definition) is 1. The summed E-state index contributed by atoms with van der Waals surface area (Å²) >= 11 is 0. The molecule has 7 nitrogen and oxygen atoms in total. The molecule has 0 aromatic heterocycles. The van der Waals surface area contributed by atoms with Gasteiger partial charge in [0, 0.05) is 22.9 Å². The van der Waals surface area contributed by atoms with E-state index in [0.717, 1.165) is 0 Å². The fraction of sp³-hybridized carbons (Fsp3) is 0.321. The summed E-state index contributed by atoms with van der Waals surface area (Å²) in [7, 11) is 1.28. The van der Waals surface area contributed by atoms with Gasteiger partial charge < -0.3 is 19.5 Å². The van der Waals surface area contributed by atoms with Gasteiger partial charge in [0.05, 0.1) is 19.3 Å². The molecule has 35 heavy (non-hydrogen) atoms. The van der Waals surface area contributed by atoms with Crippen molar-refractivity contribution in [2.45, 2.75) is 33.1 Å². The monoisotopic (exact) mass is 475 g/mol. The quantitative estimate of drug-likeness (QED) is 0.480. The van der Waals surface area contributed by atoms with E-state index in [1.54, 1.807) is 13.8 Å². The van der Waals surface area contributed by atoms with Crippen LogP contribution in [0.25, 0.3) is 0 Å². The molecule has 1 aliphatic heterocycles. The smallest absolute Gasteiger partial charge is 0.336 e. The van der Waals surface area contributed by atoms with Crippen LogP contribution in [-0.2, 0) is 23.9 Å². The highest BCUT2D eigenvalue weighted by Crippen LogP contribution is 2.46. The van der Waals surface area contributed by atoms with Gasteiger partial charge in [0.1, 0.15) is 17.4 Å². The summed E-state index contributed by atoms with van der Waals surface area (Å²) < 4.78 is 16.3. The zero-order valence-electron chi connectivity index (χ0n) is 20.3. The molecular weight excluding hydrogens is 446 g/mol. The molecule has 2 aromatic rings. The van der Waals surface area contributed by atoms with Gasteiger partial charge in [-0.3, -0.25) is 9.59 Å². The van der Waals surface area contributed by atoms with Crippen LogP contribution in [0.3, 0.4) is 0 Å². The lowest BCUT2D eigenvalue weighted by Crippen LogP contribution is -2.43. The molecule has 0 unspecified atom stereocenters. The number of methoxy groups -OCH3 is 1. The molecule has 4 rings (SSSR count). The Morgan fingerprint density at radius 3 is 2.46 bits per heavy atom. The van der Waals surface area contributed by atoms with Crippen molar-refractivity contribution in [1.29, 1.82) is 0 Å². The second-order valence-electron chi connectivity index (χ2n) is 8.74. The zero-order valence-corrected chi connectivity index (χ0v) is 20.3. The number of benzene rings is 2. The van der Waals surface area contributed by atoms with E-state index < -0.39 is 23.8 Å². The Bertz CT molecular complexity index is 1210. The first-order valence-corrected chi connectivity index (χ1v) is 11.7. The number of esters is 2. The average molecular weight is 476 g/mol. The Balaban J connectivity index is 1.83. The zero-order chi connectivity index (χ0) is 25.1. The summed E-state index contributed by atoms with van der Waals surface area (Å²) in [6.45, 7) is 5.59. The topological polar surface area (TPSA) is 90.9 Å². The van der Waals surface area contributed by atoms with Crippen LogP contribution < -0.4 is 10.1 Å². The van der Waals surface area contributed by atoms with Crippen molar-refractivity contribution in [2.24, 2.45) is 11.8 Å². The van der Waals surface area contributed by atoms with Crippen LogP contribution in [0.1, 0.15) is 38.7 Å². The second-order valence-corrected chi connectivity index (χ2v) is 8.74. The molecule has 2 aliphatic rings. The van der Waals surface area contributed by atoms with E-state index >= 15 is 0 Å². The molecule has 0 saturated carbocycles. The molecule has 2 aromatic carbocycles. The maximum Gasteiger partial charge on any atom is 0.336 e. The Morgan fingerprint density at radius 1 is 1.06 bits per heavy atom. The molecule has 0 amide bonds. The Morgan fingerprint density at radius 2 is 1.77 bits per heavy atom. The standard InChI is InChI=1S/C28H29NO6/c1-5-34-28(32)23-17(3)29-21-14-16(2)22(27(31)33-4)26(30)25(21)24(23)18-10-9-13-20(15-18)35-19-11-7-6-8-12-19/h6-13,15-16,22,24,29H,5,14H2,1-4H3/t16-,22+,24-/m0/s1. The molecule has 0 saturated heterocycles. The maximum absolute atomic E-state index is 13.8. The predicted molar refractivity (Wildman–Crippen MR) is 129 cm³/mol. The minimum absolute atomic E-state index is 0.196. The molecule has 0 bridgehead atoms. The number of carbonyl (C=O) groups is 3. The lowest BCUT2D eigenvalue weighted by molar-refractivity contribution is -0.151. The van der Waals surface area contributed by atoms with Gasteiger partial charge in [-0.15, -0.1) is 0 Å². The molecule has 0 fully saturated rings. The van der Waals surface area contributed by atoms with Crippen LogP contribution in [0, 0.1) is 11.8 Å². The number of para-hydroxylation sites is 1. The molecule has 1 heterocycles. The van der Waals surface area contributed by atoms with Crippen LogP contribution >= 0.6 is 0 Å². The van der Waals surface area contributed by atoms with Gasteiger partial charge in [-0.2, -0.15) is 0 Å². The summed E-state index contributed by atoms with van der Waals surface area (Å²) in [5.74, 6) is -2.08. The molecule has 0 spiro atoms. The number of rotatable bonds is 6. The van der Waals surface area contributed by atoms with E-state index in [0.29, 0.717) is 46.0 Å². The molecule has 1 aliphatic carbocycles.